The average molecular weight is 384 g/mol. The first-order valence-electron chi connectivity index (χ1n) is 9.53. The number of carbonyl (C=O) groups is 1. The maximum atomic E-state index is 13.2. The Morgan fingerprint density at radius 1 is 1.22 bits per heavy atom. The van der Waals surface area contributed by atoms with E-state index < -0.39 is 18.0 Å². The van der Waals surface area contributed by atoms with Crippen molar-refractivity contribution >= 4 is 5.91 Å². The Balaban J connectivity index is 1.59. The fourth-order valence-electron chi connectivity index (χ4n) is 4.33. The number of alkyl halides is 3. The van der Waals surface area contributed by atoms with E-state index in [1.54, 1.807) is 7.11 Å². The van der Waals surface area contributed by atoms with Gasteiger partial charge in [0, 0.05) is 26.1 Å². The highest BCUT2D eigenvalue weighted by Gasteiger charge is 2.48. The van der Waals surface area contributed by atoms with Gasteiger partial charge in [-0.1, -0.05) is 12.1 Å². The lowest BCUT2D eigenvalue weighted by Gasteiger charge is -2.39. The molecule has 150 valence electrons. The minimum Gasteiger partial charge on any atom is -0.497 e. The molecule has 0 aliphatic carbocycles. The minimum absolute atomic E-state index is 0.0985. The standard InChI is InChI=1S/C20H27F3N2O2/c1-27-17-6-2-5-16(13-17)14-25-11-3-7-19(18(25)26)9-12-24(15-19)10-4-8-20(21,22)23/h2,5-6,13H,3-4,7-12,14-15H2,1H3/t19-/m1/s1. The lowest BCUT2D eigenvalue weighted by molar-refractivity contribution is -0.146. The topological polar surface area (TPSA) is 32.8 Å². The molecule has 4 nitrogen and oxygen atoms in total. The third-order valence-electron chi connectivity index (χ3n) is 5.70. The van der Waals surface area contributed by atoms with Crippen LogP contribution in [0.5, 0.6) is 5.75 Å². The summed E-state index contributed by atoms with van der Waals surface area (Å²) in [4.78, 5) is 17.1. The van der Waals surface area contributed by atoms with Crippen LogP contribution in [0.25, 0.3) is 0 Å². The molecule has 0 aromatic heterocycles. The molecule has 1 aromatic rings. The largest absolute Gasteiger partial charge is 0.497 e. The van der Waals surface area contributed by atoms with Crippen LogP contribution in [-0.4, -0.2) is 55.2 Å². The van der Waals surface area contributed by atoms with Gasteiger partial charge in [0.05, 0.1) is 12.5 Å². The van der Waals surface area contributed by atoms with Crippen LogP contribution in [0.4, 0.5) is 13.2 Å². The summed E-state index contributed by atoms with van der Waals surface area (Å²) in [6.45, 7) is 2.97. The van der Waals surface area contributed by atoms with E-state index in [9.17, 15) is 18.0 Å². The van der Waals surface area contributed by atoms with Crippen molar-refractivity contribution in [1.29, 1.82) is 0 Å². The molecule has 1 spiro atoms. The van der Waals surface area contributed by atoms with Crippen LogP contribution >= 0.6 is 0 Å². The van der Waals surface area contributed by atoms with Gasteiger partial charge in [0.2, 0.25) is 5.91 Å². The summed E-state index contributed by atoms with van der Waals surface area (Å²) >= 11 is 0. The van der Waals surface area contributed by atoms with Gasteiger partial charge >= 0.3 is 6.18 Å². The Hall–Kier alpha value is -1.76. The Labute approximate surface area is 158 Å². The maximum Gasteiger partial charge on any atom is 0.389 e. The van der Waals surface area contributed by atoms with Crippen molar-refractivity contribution in [2.45, 2.75) is 44.8 Å². The van der Waals surface area contributed by atoms with E-state index in [0.717, 1.165) is 37.1 Å². The summed E-state index contributed by atoms with van der Waals surface area (Å²) < 4.78 is 42.3. The van der Waals surface area contributed by atoms with Crippen molar-refractivity contribution in [2.24, 2.45) is 5.41 Å². The first-order chi connectivity index (χ1) is 12.8. The molecule has 0 saturated carbocycles. The maximum absolute atomic E-state index is 13.2. The first-order valence-corrected chi connectivity index (χ1v) is 9.53. The van der Waals surface area contributed by atoms with Crippen molar-refractivity contribution in [1.82, 2.24) is 9.80 Å². The van der Waals surface area contributed by atoms with Crippen LogP contribution in [0.2, 0.25) is 0 Å². The van der Waals surface area contributed by atoms with Crippen molar-refractivity contribution in [3.05, 3.63) is 29.8 Å². The molecule has 0 unspecified atom stereocenters. The smallest absolute Gasteiger partial charge is 0.389 e. The number of rotatable bonds is 6. The number of likely N-dealkylation sites (tertiary alicyclic amines) is 2. The Kier molecular flexibility index (Phi) is 5.99. The Morgan fingerprint density at radius 3 is 2.78 bits per heavy atom. The number of amides is 1. The number of carbonyl (C=O) groups excluding carboxylic acids is 1. The zero-order chi connectivity index (χ0) is 19.5. The van der Waals surface area contributed by atoms with Crippen LogP contribution in [-0.2, 0) is 11.3 Å². The predicted octanol–water partition coefficient (Wildman–Crippen LogP) is 3.85. The highest BCUT2D eigenvalue weighted by molar-refractivity contribution is 5.84. The molecule has 1 atom stereocenters. The van der Waals surface area contributed by atoms with Gasteiger partial charge in [-0.3, -0.25) is 4.79 Å². The fourth-order valence-corrected chi connectivity index (χ4v) is 4.33. The number of methoxy groups -OCH3 is 1. The lowest BCUT2D eigenvalue weighted by Crippen LogP contribution is -2.49. The summed E-state index contributed by atoms with van der Waals surface area (Å²) in [6, 6.07) is 7.71. The molecule has 1 amide bonds. The molecule has 7 heteroatoms. The van der Waals surface area contributed by atoms with Crippen LogP contribution in [0.3, 0.4) is 0 Å². The van der Waals surface area contributed by atoms with Gasteiger partial charge in [0.25, 0.3) is 0 Å². The monoisotopic (exact) mass is 384 g/mol. The molecule has 2 aliphatic rings. The van der Waals surface area contributed by atoms with Gasteiger partial charge in [-0.25, -0.2) is 0 Å². The van der Waals surface area contributed by atoms with Crippen molar-refractivity contribution < 1.29 is 22.7 Å². The minimum atomic E-state index is -4.11. The van der Waals surface area contributed by atoms with Gasteiger partial charge in [-0.05, 0) is 56.5 Å². The van der Waals surface area contributed by atoms with Crippen LogP contribution in [0, 0.1) is 5.41 Å². The highest BCUT2D eigenvalue weighted by atomic mass is 19.4. The van der Waals surface area contributed by atoms with Crippen molar-refractivity contribution in [2.75, 3.05) is 33.3 Å². The fraction of sp³-hybridized carbons (Fsp3) is 0.650. The van der Waals surface area contributed by atoms with Crippen molar-refractivity contribution in [3.63, 3.8) is 0 Å². The highest BCUT2D eigenvalue weighted by Crippen LogP contribution is 2.40. The molecule has 27 heavy (non-hydrogen) atoms. The normalized spacial score (nSPS) is 24.0. The number of hydrogen-bond acceptors (Lipinski definition) is 3. The third kappa shape index (κ3) is 4.94. The van der Waals surface area contributed by atoms with E-state index >= 15 is 0 Å². The first kappa shape index (κ1) is 20.0. The van der Waals surface area contributed by atoms with Crippen LogP contribution < -0.4 is 4.74 Å². The second-order valence-corrected chi connectivity index (χ2v) is 7.71. The second-order valence-electron chi connectivity index (χ2n) is 7.71. The second kappa shape index (κ2) is 8.09. The summed E-state index contributed by atoms with van der Waals surface area (Å²) in [5, 5.41) is 0. The Bertz CT molecular complexity index is 665. The van der Waals surface area contributed by atoms with E-state index in [2.05, 4.69) is 0 Å². The number of ether oxygens (including phenoxy) is 1. The SMILES string of the molecule is COc1cccc(CN2CCC[C@]3(CCN(CCCC(F)(F)F)C3)C2=O)c1. The van der Waals surface area contributed by atoms with E-state index in [-0.39, 0.29) is 12.3 Å². The predicted molar refractivity (Wildman–Crippen MR) is 96.4 cm³/mol. The summed E-state index contributed by atoms with van der Waals surface area (Å²) in [7, 11) is 1.62. The van der Waals surface area contributed by atoms with Gasteiger partial charge in [0.1, 0.15) is 5.75 Å². The molecule has 1 aromatic carbocycles. The molecule has 2 fully saturated rings. The molecule has 2 aliphatic heterocycles. The zero-order valence-electron chi connectivity index (χ0n) is 15.7. The van der Waals surface area contributed by atoms with Gasteiger partial charge < -0.3 is 14.5 Å². The van der Waals surface area contributed by atoms with E-state index in [0.29, 0.717) is 26.2 Å². The van der Waals surface area contributed by atoms with Gasteiger partial charge in [-0.15, -0.1) is 0 Å². The van der Waals surface area contributed by atoms with Crippen LogP contribution in [0.1, 0.15) is 37.7 Å². The van der Waals surface area contributed by atoms with Crippen LogP contribution in [0.15, 0.2) is 24.3 Å². The molecule has 3 rings (SSSR count). The quantitative estimate of drug-likeness (QED) is 0.747. The average Bonchev–Trinajstić information content (AvgIpc) is 3.02. The number of hydrogen-bond donors (Lipinski definition) is 0. The number of benzene rings is 1. The Morgan fingerprint density at radius 2 is 2.04 bits per heavy atom. The zero-order valence-corrected chi connectivity index (χ0v) is 15.7. The number of halogens is 3. The lowest BCUT2D eigenvalue weighted by atomic mass is 9.78. The van der Waals surface area contributed by atoms with Gasteiger partial charge in [0.15, 0.2) is 0 Å². The molecule has 0 bridgehead atoms. The van der Waals surface area contributed by atoms with E-state index in [1.807, 2.05) is 34.1 Å². The summed E-state index contributed by atoms with van der Waals surface area (Å²) in [5.41, 5.74) is 0.606. The summed E-state index contributed by atoms with van der Waals surface area (Å²) in [5.74, 6) is 0.915. The van der Waals surface area contributed by atoms with Crippen molar-refractivity contribution in [3.8, 4) is 5.75 Å². The van der Waals surface area contributed by atoms with Gasteiger partial charge in [-0.2, -0.15) is 13.2 Å². The van der Waals surface area contributed by atoms with E-state index in [4.69, 9.17) is 4.74 Å². The molecule has 0 N–H and O–H groups in total. The molecular formula is C20H27F3N2O2. The number of nitrogens with zero attached hydrogens (tertiary/aromatic N) is 2. The molecule has 0 radical (unpaired) electrons. The summed E-state index contributed by atoms with van der Waals surface area (Å²) in [6.07, 6.45) is -2.26. The molecule has 2 saturated heterocycles. The third-order valence-corrected chi connectivity index (χ3v) is 5.70. The molecular weight excluding hydrogens is 357 g/mol. The molecule has 2 heterocycles. The number of piperidine rings is 1. The van der Waals surface area contributed by atoms with E-state index in [1.165, 1.54) is 0 Å².